The van der Waals surface area contributed by atoms with E-state index >= 15 is 0 Å². The predicted molar refractivity (Wildman–Crippen MR) is 160 cm³/mol. The number of amides is 1. The molecule has 1 aliphatic heterocycles. The number of nitrogens with zero attached hydrogens (tertiary/aromatic N) is 3. The van der Waals surface area contributed by atoms with Crippen LogP contribution in [-0.2, 0) is 31.3 Å². The van der Waals surface area contributed by atoms with E-state index in [9.17, 15) is 26.7 Å². The molecule has 0 aliphatic carbocycles. The Bertz CT molecular complexity index is 1670. The van der Waals surface area contributed by atoms with Crippen molar-refractivity contribution in [2.45, 2.75) is 63.0 Å². The molecule has 0 unspecified atom stereocenters. The fourth-order valence-corrected chi connectivity index (χ4v) is 7.51. The summed E-state index contributed by atoms with van der Waals surface area (Å²) in [4.78, 5) is 15.1. The highest BCUT2D eigenvalue weighted by Crippen LogP contribution is 2.31. The monoisotopic (exact) mass is 634 g/mol. The van der Waals surface area contributed by atoms with Crippen LogP contribution in [0.2, 0.25) is 0 Å². The van der Waals surface area contributed by atoms with Crippen molar-refractivity contribution in [3.05, 3.63) is 65.0 Å². The van der Waals surface area contributed by atoms with Gasteiger partial charge in [-0.05, 0) is 58.0 Å². The second-order valence-electron chi connectivity index (χ2n) is 11.1. The van der Waals surface area contributed by atoms with Crippen LogP contribution in [0.3, 0.4) is 0 Å². The summed E-state index contributed by atoms with van der Waals surface area (Å²) < 4.78 is 68.2. The summed E-state index contributed by atoms with van der Waals surface area (Å²) in [6.45, 7) is 8.37. The number of aliphatic hydroxyl groups is 1. The van der Waals surface area contributed by atoms with Crippen LogP contribution >= 0.6 is 0 Å². The van der Waals surface area contributed by atoms with Gasteiger partial charge in [-0.25, -0.2) is 16.8 Å². The highest BCUT2D eigenvalue weighted by Gasteiger charge is 2.35. The van der Waals surface area contributed by atoms with Gasteiger partial charge in [0.2, 0.25) is 15.9 Å². The molecule has 1 aromatic heterocycles. The number of hydrogen-bond acceptors (Lipinski definition) is 9. The Hall–Kier alpha value is -3.46. The number of ether oxygens (including phenoxy) is 1. The zero-order valence-electron chi connectivity index (χ0n) is 25.1. The first-order chi connectivity index (χ1) is 20.1. The summed E-state index contributed by atoms with van der Waals surface area (Å²) in [5.74, 6) is -0.141. The highest BCUT2D eigenvalue weighted by molar-refractivity contribution is 7.92. The molecule has 1 aliphatic rings. The lowest BCUT2D eigenvalue weighted by Crippen LogP contribution is -2.48. The maximum atomic E-state index is 13.5. The molecule has 3 atom stereocenters. The van der Waals surface area contributed by atoms with Crippen LogP contribution in [0.5, 0.6) is 5.75 Å². The van der Waals surface area contributed by atoms with E-state index in [1.54, 1.807) is 36.9 Å². The van der Waals surface area contributed by atoms with Crippen molar-refractivity contribution in [3.63, 3.8) is 0 Å². The van der Waals surface area contributed by atoms with Crippen molar-refractivity contribution >= 4 is 31.6 Å². The van der Waals surface area contributed by atoms with Crippen LogP contribution < -0.4 is 9.46 Å². The number of anilines is 1. The summed E-state index contributed by atoms with van der Waals surface area (Å²) in [7, 11) is -6.46. The molecule has 0 saturated heterocycles. The van der Waals surface area contributed by atoms with Gasteiger partial charge in [0, 0.05) is 30.8 Å². The van der Waals surface area contributed by atoms with E-state index in [1.165, 1.54) is 42.5 Å². The van der Waals surface area contributed by atoms with Crippen molar-refractivity contribution in [2.75, 3.05) is 31.5 Å². The lowest BCUT2D eigenvalue weighted by molar-refractivity contribution is -0.134. The summed E-state index contributed by atoms with van der Waals surface area (Å²) in [5, 5.41) is 13.7. The number of rotatable bonds is 9. The van der Waals surface area contributed by atoms with Crippen molar-refractivity contribution in [1.29, 1.82) is 0 Å². The predicted octanol–water partition coefficient (Wildman–Crippen LogP) is 2.87. The Morgan fingerprint density at radius 3 is 2.40 bits per heavy atom. The number of carbonyl (C=O) groups excluding carboxylic acids is 1. The number of sulfonamides is 2. The molecule has 0 spiro atoms. The standard InChI is InChI=1S/C29H38N4O8S2/c1-18-7-10-25(11-8-18)42(36,37)31-24-9-12-26-23(13-24)14-28(35)33(20(3)17-34)15-19(2)27(40-26)16-32(6)43(38,39)29-21(4)30-41-22(29)5/h7-13,19-20,27,31,34H,14-17H2,1-6H3/t19-,20+,27+/m1/s1. The van der Waals surface area contributed by atoms with Gasteiger partial charge >= 0.3 is 0 Å². The minimum Gasteiger partial charge on any atom is -0.488 e. The fraction of sp³-hybridized carbons (Fsp3) is 0.448. The molecule has 43 heavy (non-hydrogen) atoms. The molecule has 2 N–H and O–H groups in total. The maximum absolute atomic E-state index is 13.5. The van der Waals surface area contributed by atoms with Crippen LogP contribution in [-0.4, -0.2) is 81.1 Å². The summed E-state index contributed by atoms with van der Waals surface area (Å²) in [6, 6.07) is 10.6. The molecular formula is C29H38N4O8S2. The molecule has 2 aromatic carbocycles. The van der Waals surface area contributed by atoms with E-state index in [4.69, 9.17) is 9.26 Å². The van der Waals surface area contributed by atoms with Crippen LogP contribution in [0.1, 0.15) is 36.4 Å². The third kappa shape index (κ3) is 7.03. The van der Waals surface area contributed by atoms with Crippen LogP contribution in [0.15, 0.2) is 56.8 Å². The average molecular weight is 635 g/mol. The Kier molecular flexibility index (Phi) is 9.54. The Labute approximate surface area is 252 Å². The number of likely N-dealkylation sites (N-methyl/N-ethyl adjacent to an activating group) is 1. The van der Waals surface area contributed by atoms with Crippen molar-refractivity contribution < 1.29 is 36.0 Å². The number of carbonyl (C=O) groups is 1. The first kappa shape index (κ1) is 32.5. The number of nitrogens with one attached hydrogen (secondary N) is 1. The van der Waals surface area contributed by atoms with E-state index < -0.39 is 32.2 Å². The van der Waals surface area contributed by atoms with Gasteiger partial charge in [0.15, 0.2) is 5.76 Å². The number of benzene rings is 2. The highest BCUT2D eigenvalue weighted by atomic mass is 32.2. The SMILES string of the molecule is Cc1ccc(S(=O)(=O)Nc2ccc3c(c2)CC(=O)N([C@@H](C)CO)C[C@@H](C)[C@H](CN(C)S(=O)(=O)c2c(C)noc2C)O3)cc1. The molecule has 3 aromatic rings. The van der Waals surface area contributed by atoms with E-state index in [0.29, 0.717) is 11.3 Å². The summed E-state index contributed by atoms with van der Waals surface area (Å²) >= 11 is 0. The number of fused-ring (bicyclic) bond motifs is 1. The largest absolute Gasteiger partial charge is 0.488 e. The summed E-state index contributed by atoms with van der Waals surface area (Å²) in [6.07, 6.45) is -0.833. The third-order valence-electron chi connectivity index (χ3n) is 7.57. The molecule has 0 fully saturated rings. The molecule has 0 radical (unpaired) electrons. The number of aromatic nitrogens is 1. The van der Waals surface area contributed by atoms with E-state index in [-0.39, 0.29) is 64.9 Å². The van der Waals surface area contributed by atoms with Gasteiger partial charge < -0.3 is 19.3 Å². The van der Waals surface area contributed by atoms with E-state index in [2.05, 4.69) is 9.88 Å². The Balaban J connectivity index is 1.69. The molecule has 4 rings (SSSR count). The molecule has 0 bridgehead atoms. The van der Waals surface area contributed by atoms with Gasteiger partial charge in [-0.3, -0.25) is 9.52 Å². The maximum Gasteiger partial charge on any atom is 0.261 e. The van der Waals surface area contributed by atoms with E-state index in [0.717, 1.165) is 5.56 Å². The minimum atomic E-state index is -3.99. The van der Waals surface area contributed by atoms with E-state index in [1.807, 2.05) is 13.8 Å². The molecule has 12 nitrogen and oxygen atoms in total. The first-order valence-corrected chi connectivity index (χ1v) is 16.7. The summed E-state index contributed by atoms with van der Waals surface area (Å²) in [5.41, 5.74) is 1.81. The minimum absolute atomic E-state index is 0.0117. The van der Waals surface area contributed by atoms with Crippen molar-refractivity contribution in [3.8, 4) is 5.75 Å². The van der Waals surface area contributed by atoms with Gasteiger partial charge in [0.1, 0.15) is 22.4 Å². The second kappa shape index (κ2) is 12.6. The lowest BCUT2D eigenvalue weighted by atomic mass is 10.0. The number of hydrogen-bond donors (Lipinski definition) is 2. The fourth-order valence-electron chi connectivity index (χ4n) is 4.99. The van der Waals surface area contributed by atoms with Crippen molar-refractivity contribution in [2.24, 2.45) is 5.92 Å². The second-order valence-corrected chi connectivity index (χ2v) is 14.7. The smallest absolute Gasteiger partial charge is 0.261 e. The third-order valence-corrected chi connectivity index (χ3v) is 11.0. The van der Waals surface area contributed by atoms with Crippen molar-refractivity contribution in [1.82, 2.24) is 14.4 Å². The zero-order chi connectivity index (χ0) is 31.7. The van der Waals surface area contributed by atoms with Gasteiger partial charge in [0.25, 0.3) is 10.0 Å². The molecule has 2 heterocycles. The topological polar surface area (TPSA) is 159 Å². The van der Waals surface area contributed by atoms with Gasteiger partial charge in [-0.2, -0.15) is 4.31 Å². The van der Waals surface area contributed by atoms with Gasteiger partial charge in [-0.15, -0.1) is 0 Å². The Morgan fingerprint density at radius 1 is 1.12 bits per heavy atom. The van der Waals surface area contributed by atoms with Crippen LogP contribution in [0.25, 0.3) is 0 Å². The molecule has 234 valence electrons. The van der Waals surface area contributed by atoms with Crippen LogP contribution in [0, 0.1) is 26.7 Å². The van der Waals surface area contributed by atoms with Gasteiger partial charge in [-0.1, -0.05) is 29.8 Å². The number of aryl methyl sites for hydroxylation is 3. The molecule has 0 saturated carbocycles. The first-order valence-electron chi connectivity index (χ1n) is 13.8. The molecular weight excluding hydrogens is 596 g/mol. The molecule has 1 amide bonds. The zero-order valence-corrected chi connectivity index (χ0v) is 26.7. The Morgan fingerprint density at radius 2 is 1.79 bits per heavy atom. The average Bonchev–Trinajstić information content (AvgIpc) is 3.31. The quantitative estimate of drug-likeness (QED) is 0.361. The van der Waals surface area contributed by atoms with Gasteiger partial charge in [0.05, 0.1) is 30.5 Å². The lowest BCUT2D eigenvalue weighted by Gasteiger charge is -2.33. The molecule has 14 heteroatoms. The van der Waals surface area contributed by atoms with Crippen LogP contribution in [0.4, 0.5) is 5.69 Å². The normalized spacial score (nSPS) is 18.8. The number of aliphatic hydroxyl groups excluding tert-OH is 1.